The second kappa shape index (κ2) is 7.54. The number of nitrogens with zero attached hydrogens (tertiary/aromatic N) is 3. The minimum absolute atomic E-state index is 0.0242. The molecule has 1 aromatic heterocycles. The van der Waals surface area contributed by atoms with Gasteiger partial charge in [0, 0.05) is 6.04 Å². The fraction of sp³-hybridized carbons (Fsp3) is 0.800. The predicted molar refractivity (Wildman–Crippen MR) is 79.8 cm³/mol. The van der Waals surface area contributed by atoms with Crippen LogP contribution in [0.5, 0.6) is 0 Å². The molecule has 0 unspecified atom stereocenters. The standard InChI is InChI=1S/C15H26N4O2/c1-4-14(21-13-7-5-6-8-13)15(20)18-11(2)12(3)19-10-16-9-17-19/h9-14H,4-8H2,1-3H3,(H,18,20)/t11-,12-,14-/m0/s1. The Morgan fingerprint density at radius 3 is 2.71 bits per heavy atom. The maximum atomic E-state index is 12.4. The topological polar surface area (TPSA) is 69.0 Å². The van der Waals surface area contributed by atoms with Crippen molar-refractivity contribution in [2.24, 2.45) is 0 Å². The van der Waals surface area contributed by atoms with Gasteiger partial charge in [-0.1, -0.05) is 19.8 Å². The summed E-state index contributed by atoms with van der Waals surface area (Å²) in [6.07, 6.45) is 8.35. The molecule has 118 valence electrons. The van der Waals surface area contributed by atoms with Crippen LogP contribution in [0.25, 0.3) is 0 Å². The molecule has 1 aliphatic carbocycles. The van der Waals surface area contributed by atoms with Gasteiger partial charge in [-0.05, 0) is 33.1 Å². The highest BCUT2D eigenvalue weighted by Gasteiger charge is 2.26. The van der Waals surface area contributed by atoms with E-state index >= 15 is 0 Å². The summed E-state index contributed by atoms with van der Waals surface area (Å²) in [6.45, 7) is 5.98. The van der Waals surface area contributed by atoms with Crippen molar-refractivity contribution in [3.8, 4) is 0 Å². The smallest absolute Gasteiger partial charge is 0.249 e. The molecule has 6 nitrogen and oxygen atoms in total. The fourth-order valence-corrected chi connectivity index (χ4v) is 2.69. The van der Waals surface area contributed by atoms with Gasteiger partial charge < -0.3 is 10.1 Å². The van der Waals surface area contributed by atoms with Crippen LogP contribution in [0.1, 0.15) is 58.9 Å². The Morgan fingerprint density at radius 1 is 1.43 bits per heavy atom. The molecule has 0 spiro atoms. The molecule has 1 saturated carbocycles. The van der Waals surface area contributed by atoms with E-state index in [2.05, 4.69) is 15.4 Å². The lowest BCUT2D eigenvalue weighted by molar-refractivity contribution is -0.137. The molecule has 2 rings (SSSR count). The van der Waals surface area contributed by atoms with E-state index in [9.17, 15) is 4.79 Å². The zero-order chi connectivity index (χ0) is 15.2. The number of ether oxygens (including phenoxy) is 1. The van der Waals surface area contributed by atoms with E-state index in [-0.39, 0.29) is 30.2 Å². The van der Waals surface area contributed by atoms with Crippen molar-refractivity contribution in [2.45, 2.75) is 77.2 Å². The summed E-state index contributed by atoms with van der Waals surface area (Å²) in [5.74, 6) is -0.0242. The minimum atomic E-state index is -0.349. The first-order chi connectivity index (χ1) is 10.1. The van der Waals surface area contributed by atoms with Crippen molar-refractivity contribution in [3.63, 3.8) is 0 Å². The van der Waals surface area contributed by atoms with Crippen molar-refractivity contribution in [2.75, 3.05) is 0 Å². The molecule has 1 aromatic rings. The molecule has 0 aliphatic heterocycles. The lowest BCUT2D eigenvalue weighted by atomic mass is 10.1. The van der Waals surface area contributed by atoms with Crippen LogP contribution >= 0.6 is 0 Å². The van der Waals surface area contributed by atoms with Gasteiger partial charge in [-0.2, -0.15) is 5.10 Å². The number of aromatic nitrogens is 3. The molecule has 1 aliphatic rings. The van der Waals surface area contributed by atoms with Gasteiger partial charge >= 0.3 is 0 Å². The molecule has 1 N–H and O–H groups in total. The number of hydrogen-bond donors (Lipinski definition) is 1. The SMILES string of the molecule is CC[C@H](OC1CCCC1)C(=O)N[C@@H](C)[C@H](C)n1cncn1. The van der Waals surface area contributed by atoms with Gasteiger partial charge in [-0.25, -0.2) is 9.67 Å². The first-order valence-electron chi connectivity index (χ1n) is 7.91. The van der Waals surface area contributed by atoms with E-state index in [1.807, 2.05) is 20.8 Å². The normalized spacial score (nSPS) is 20.1. The van der Waals surface area contributed by atoms with Crippen LogP contribution in [0.2, 0.25) is 0 Å². The molecule has 21 heavy (non-hydrogen) atoms. The zero-order valence-electron chi connectivity index (χ0n) is 13.2. The zero-order valence-corrected chi connectivity index (χ0v) is 13.2. The number of rotatable bonds is 7. The summed E-state index contributed by atoms with van der Waals surface area (Å²) in [5.41, 5.74) is 0. The maximum Gasteiger partial charge on any atom is 0.249 e. The van der Waals surface area contributed by atoms with Gasteiger partial charge in [0.05, 0.1) is 12.1 Å². The van der Waals surface area contributed by atoms with Crippen LogP contribution in [-0.2, 0) is 9.53 Å². The lowest BCUT2D eigenvalue weighted by Crippen LogP contribution is -2.45. The molecular formula is C15H26N4O2. The van der Waals surface area contributed by atoms with Gasteiger partial charge in [0.15, 0.2) is 0 Å². The highest BCUT2D eigenvalue weighted by Crippen LogP contribution is 2.23. The van der Waals surface area contributed by atoms with E-state index in [4.69, 9.17) is 4.74 Å². The average Bonchev–Trinajstić information content (AvgIpc) is 3.16. The van der Waals surface area contributed by atoms with Crippen LogP contribution in [0.3, 0.4) is 0 Å². The van der Waals surface area contributed by atoms with E-state index in [1.54, 1.807) is 11.0 Å². The first-order valence-corrected chi connectivity index (χ1v) is 7.91. The van der Waals surface area contributed by atoms with E-state index in [0.29, 0.717) is 6.42 Å². The van der Waals surface area contributed by atoms with E-state index in [1.165, 1.54) is 19.2 Å². The van der Waals surface area contributed by atoms with E-state index < -0.39 is 0 Å². The summed E-state index contributed by atoms with van der Waals surface area (Å²) >= 11 is 0. The predicted octanol–water partition coefficient (Wildman–Crippen LogP) is 2.08. The molecule has 0 aromatic carbocycles. The van der Waals surface area contributed by atoms with Crippen molar-refractivity contribution in [1.29, 1.82) is 0 Å². The van der Waals surface area contributed by atoms with Gasteiger partial charge in [0.1, 0.15) is 18.8 Å². The molecule has 0 bridgehead atoms. The molecular weight excluding hydrogens is 268 g/mol. The van der Waals surface area contributed by atoms with Gasteiger partial charge in [0.25, 0.3) is 0 Å². The van der Waals surface area contributed by atoms with E-state index in [0.717, 1.165) is 12.8 Å². The Morgan fingerprint density at radius 2 is 2.14 bits per heavy atom. The quantitative estimate of drug-likeness (QED) is 0.836. The van der Waals surface area contributed by atoms with Crippen LogP contribution in [0.4, 0.5) is 0 Å². The van der Waals surface area contributed by atoms with Gasteiger partial charge in [-0.3, -0.25) is 4.79 Å². The average molecular weight is 294 g/mol. The molecule has 1 heterocycles. The van der Waals surface area contributed by atoms with Crippen LogP contribution < -0.4 is 5.32 Å². The van der Waals surface area contributed by atoms with Crippen LogP contribution in [0, 0.1) is 0 Å². The van der Waals surface area contributed by atoms with Crippen molar-refractivity contribution in [3.05, 3.63) is 12.7 Å². The molecule has 6 heteroatoms. The number of carbonyl (C=O) groups excluding carboxylic acids is 1. The second-order valence-corrected chi connectivity index (χ2v) is 5.85. The summed E-state index contributed by atoms with van der Waals surface area (Å²) in [4.78, 5) is 16.3. The summed E-state index contributed by atoms with van der Waals surface area (Å²) in [5, 5.41) is 7.16. The number of nitrogens with one attached hydrogen (secondary N) is 1. The van der Waals surface area contributed by atoms with Gasteiger partial charge in [-0.15, -0.1) is 0 Å². The number of amides is 1. The lowest BCUT2D eigenvalue weighted by Gasteiger charge is -2.25. The summed E-state index contributed by atoms with van der Waals surface area (Å²) in [7, 11) is 0. The Labute approximate surface area is 126 Å². The summed E-state index contributed by atoms with van der Waals surface area (Å²) in [6, 6.07) is 0.0286. The molecule has 0 saturated heterocycles. The highest BCUT2D eigenvalue weighted by molar-refractivity contribution is 5.81. The third-order valence-electron chi connectivity index (χ3n) is 4.27. The van der Waals surface area contributed by atoms with Gasteiger partial charge in [0.2, 0.25) is 5.91 Å². The largest absolute Gasteiger partial charge is 0.365 e. The summed E-state index contributed by atoms with van der Waals surface area (Å²) < 4.78 is 7.70. The van der Waals surface area contributed by atoms with Crippen molar-refractivity contribution < 1.29 is 9.53 Å². The molecule has 3 atom stereocenters. The fourth-order valence-electron chi connectivity index (χ4n) is 2.69. The van der Waals surface area contributed by atoms with Crippen molar-refractivity contribution in [1.82, 2.24) is 20.1 Å². The molecule has 1 amide bonds. The highest BCUT2D eigenvalue weighted by atomic mass is 16.5. The first kappa shape index (κ1) is 15.9. The second-order valence-electron chi connectivity index (χ2n) is 5.85. The maximum absolute atomic E-state index is 12.4. The molecule has 1 fully saturated rings. The Kier molecular flexibility index (Phi) is 5.73. The van der Waals surface area contributed by atoms with Crippen LogP contribution in [0.15, 0.2) is 12.7 Å². The Bertz CT molecular complexity index is 429. The monoisotopic (exact) mass is 294 g/mol. The third kappa shape index (κ3) is 4.27. The number of carbonyl (C=O) groups is 1. The third-order valence-corrected chi connectivity index (χ3v) is 4.27. The minimum Gasteiger partial charge on any atom is -0.365 e. The Hall–Kier alpha value is -1.43. The van der Waals surface area contributed by atoms with Crippen LogP contribution in [-0.4, -0.2) is 38.9 Å². The Balaban J connectivity index is 1.85. The number of hydrogen-bond acceptors (Lipinski definition) is 4. The molecule has 0 radical (unpaired) electrons. The van der Waals surface area contributed by atoms with Crippen molar-refractivity contribution >= 4 is 5.91 Å².